The van der Waals surface area contributed by atoms with Gasteiger partial charge in [0.2, 0.25) is 0 Å². The number of carbonyl (C=O) groups is 1. The first-order valence-electron chi connectivity index (χ1n) is 12.7. The van der Waals surface area contributed by atoms with E-state index in [0.29, 0.717) is 18.0 Å². The van der Waals surface area contributed by atoms with Crippen molar-refractivity contribution in [3.8, 4) is 38.7 Å². The zero-order valence-electron chi connectivity index (χ0n) is 21.4. The Morgan fingerprint density at radius 1 is 0.925 bits per heavy atom. The zero-order chi connectivity index (χ0) is 27.1. The second kappa shape index (κ2) is 9.87. The van der Waals surface area contributed by atoms with E-state index in [9.17, 15) is 4.79 Å². The lowest BCUT2D eigenvalue weighted by Crippen LogP contribution is -1.96. The molecule has 0 bridgehead atoms. The predicted octanol–water partition coefficient (Wildman–Crippen LogP) is 7.07. The maximum atomic E-state index is 11.8. The Kier molecular flexibility index (Phi) is 5.90. The molecule has 0 saturated heterocycles. The number of ether oxygens (including phenoxy) is 1. The summed E-state index contributed by atoms with van der Waals surface area (Å²) in [5, 5.41) is 9.41. The van der Waals surface area contributed by atoms with Crippen LogP contribution in [0.2, 0.25) is 0 Å². The van der Waals surface area contributed by atoms with Crippen LogP contribution in [0.1, 0.15) is 22.2 Å². The van der Waals surface area contributed by atoms with Crippen LogP contribution in [0.4, 0.5) is 0 Å². The van der Waals surface area contributed by atoms with Crippen LogP contribution in [0.5, 0.6) is 5.75 Å². The standard InChI is InChI=1S/C31H22N6O2S/c1-18(38)27-7-8-28(40-27)23-9-10-33-30-24(23)13-26(35-30)29-25-12-21(15-34-31(25)37-36-29)20-11-22(16-32-14-20)39-17-19-5-3-2-4-6-19/h2-16H,17H2,1H3,(H,33,35)(H,34,36,37). The molecule has 1 aromatic carbocycles. The van der Waals surface area contributed by atoms with Crippen molar-refractivity contribution in [1.82, 2.24) is 30.1 Å². The van der Waals surface area contributed by atoms with Gasteiger partial charge in [-0.3, -0.25) is 14.9 Å². The number of H-pyrrole nitrogens is 2. The minimum atomic E-state index is 0.0621. The molecule has 0 aliphatic heterocycles. The Labute approximate surface area is 232 Å². The summed E-state index contributed by atoms with van der Waals surface area (Å²) in [7, 11) is 0. The molecule has 8 nitrogen and oxygen atoms in total. The summed E-state index contributed by atoms with van der Waals surface area (Å²) < 4.78 is 5.98. The van der Waals surface area contributed by atoms with Gasteiger partial charge >= 0.3 is 0 Å². The third-order valence-electron chi connectivity index (χ3n) is 6.72. The van der Waals surface area contributed by atoms with E-state index in [-0.39, 0.29) is 5.78 Å². The fraction of sp³-hybridized carbons (Fsp3) is 0.0645. The van der Waals surface area contributed by atoms with Crippen LogP contribution >= 0.6 is 11.3 Å². The van der Waals surface area contributed by atoms with Gasteiger partial charge in [-0.25, -0.2) is 9.97 Å². The van der Waals surface area contributed by atoms with E-state index in [1.165, 1.54) is 11.3 Å². The molecule has 0 radical (unpaired) electrons. The van der Waals surface area contributed by atoms with Gasteiger partial charge in [0.05, 0.1) is 22.5 Å². The summed E-state index contributed by atoms with van der Waals surface area (Å²) in [5.41, 5.74) is 6.93. The van der Waals surface area contributed by atoms with Gasteiger partial charge in [0.15, 0.2) is 11.4 Å². The molecule has 9 heteroatoms. The molecule has 2 N–H and O–H groups in total. The van der Waals surface area contributed by atoms with Crippen molar-refractivity contribution in [3.63, 3.8) is 0 Å². The minimum Gasteiger partial charge on any atom is -0.487 e. The van der Waals surface area contributed by atoms with E-state index >= 15 is 0 Å². The topological polar surface area (TPSA) is 109 Å². The lowest BCUT2D eigenvalue weighted by atomic mass is 10.1. The van der Waals surface area contributed by atoms with Crippen molar-refractivity contribution < 1.29 is 9.53 Å². The lowest BCUT2D eigenvalue weighted by Gasteiger charge is -2.08. The molecule has 0 fully saturated rings. The van der Waals surface area contributed by atoms with Gasteiger partial charge < -0.3 is 9.72 Å². The van der Waals surface area contributed by atoms with Gasteiger partial charge in [-0.1, -0.05) is 30.3 Å². The van der Waals surface area contributed by atoms with Gasteiger partial charge in [0.1, 0.15) is 18.0 Å². The van der Waals surface area contributed by atoms with Gasteiger partial charge in [0, 0.05) is 50.9 Å². The van der Waals surface area contributed by atoms with Crippen molar-refractivity contribution in [2.45, 2.75) is 13.5 Å². The number of thiophene rings is 1. The number of nitrogens with zero attached hydrogens (tertiary/aromatic N) is 4. The smallest absolute Gasteiger partial charge is 0.181 e. The number of nitrogens with one attached hydrogen (secondary N) is 2. The molecule has 6 aromatic heterocycles. The first-order valence-corrected chi connectivity index (χ1v) is 13.5. The van der Waals surface area contributed by atoms with Crippen molar-refractivity contribution in [2.75, 3.05) is 0 Å². The van der Waals surface area contributed by atoms with E-state index in [4.69, 9.17) is 4.74 Å². The molecule has 0 unspecified atom stereocenters. The molecule has 7 aromatic rings. The largest absolute Gasteiger partial charge is 0.487 e. The lowest BCUT2D eigenvalue weighted by molar-refractivity contribution is 0.102. The Hall–Kier alpha value is -5.15. The number of aromatic amines is 2. The van der Waals surface area contributed by atoms with Crippen molar-refractivity contribution in [3.05, 3.63) is 102 Å². The molecule has 40 heavy (non-hydrogen) atoms. The second-order valence-corrected chi connectivity index (χ2v) is 10.5. The summed E-state index contributed by atoms with van der Waals surface area (Å²) in [4.78, 5) is 30.5. The highest BCUT2D eigenvalue weighted by Gasteiger charge is 2.16. The summed E-state index contributed by atoms with van der Waals surface area (Å²) in [6.07, 6.45) is 7.08. The summed E-state index contributed by atoms with van der Waals surface area (Å²) in [6, 6.07) is 21.9. The first kappa shape index (κ1) is 23.9. The molecule has 0 aliphatic rings. The average molecular weight is 543 g/mol. The van der Waals surface area contributed by atoms with Crippen LogP contribution in [0, 0.1) is 0 Å². The molecule has 0 amide bonds. The average Bonchev–Trinajstić information content (AvgIpc) is 3.74. The van der Waals surface area contributed by atoms with Crippen LogP contribution in [0.3, 0.4) is 0 Å². The molecule has 0 atom stereocenters. The third kappa shape index (κ3) is 4.42. The first-order chi connectivity index (χ1) is 19.6. The van der Waals surface area contributed by atoms with Crippen molar-refractivity contribution in [1.29, 1.82) is 0 Å². The maximum absolute atomic E-state index is 11.8. The fourth-order valence-electron chi connectivity index (χ4n) is 4.71. The van der Waals surface area contributed by atoms with E-state index in [0.717, 1.165) is 59.8 Å². The number of hydrogen-bond donors (Lipinski definition) is 2. The van der Waals surface area contributed by atoms with E-state index in [1.807, 2.05) is 54.6 Å². The Morgan fingerprint density at radius 3 is 2.65 bits per heavy atom. The number of rotatable bonds is 7. The predicted molar refractivity (Wildman–Crippen MR) is 156 cm³/mol. The quantitative estimate of drug-likeness (QED) is 0.208. The fourth-order valence-corrected chi connectivity index (χ4v) is 5.65. The van der Waals surface area contributed by atoms with Gasteiger partial charge in [0.25, 0.3) is 0 Å². The number of benzene rings is 1. The minimum absolute atomic E-state index is 0.0621. The van der Waals surface area contributed by atoms with E-state index < -0.39 is 0 Å². The van der Waals surface area contributed by atoms with Crippen LogP contribution in [-0.4, -0.2) is 35.9 Å². The van der Waals surface area contributed by atoms with Crippen molar-refractivity contribution >= 4 is 39.2 Å². The molecular weight excluding hydrogens is 520 g/mol. The number of ketones is 1. The number of fused-ring (bicyclic) bond motifs is 2. The highest BCUT2D eigenvalue weighted by atomic mass is 32.1. The molecule has 0 saturated carbocycles. The number of aromatic nitrogens is 6. The monoisotopic (exact) mass is 542 g/mol. The molecule has 0 spiro atoms. The van der Waals surface area contributed by atoms with E-state index in [2.05, 4.69) is 42.3 Å². The SMILES string of the molecule is CC(=O)c1ccc(-c2ccnc3[nH]c(-c4[nH]nc5ncc(-c6cncc(OCc7ccccc7)c6)cc45)cc23)s1. The third-order valence-corrected chi connectivity index (χ3v) is 7.94. The van der Waals surface area contributed by atoms with Crippen LogP contribution in [0.15, 0.2) is 91.5 Å². The van der Waals surface area contributed by atoms with Crippen LogP contribution in [0.25, 0.3) is 55.0 Å². The maximum Gasteiger partial charge on any atom is 0.181 e. The molecular formula is C31H22N6O2S. The number of carbonyl (C=O) groups excluding carboxylic acids is 1. The normalized spacial score (nSPS) is 11.3. The van der Waals surface area contributed by atoms with Gasteiger partial charge in [-0.15, -0.1) is 11.3 Å². The molecule has 7 rings (SSSR count). The summed E-state index contributed by atoms with van der Waals surface area (Å²) >= 11 is 1.48. The highest BCUT2D eigenvalue weighted by Crippen LogP contribution is 2.36. The van der Waals surface area contributed by atoms with Gasteiger partial charge in [-0.2, -0.15) is 5.10 Å². The Balaban J connectivity index is 1.23. The van der Waals surface area contributed by atoms with Crippen LogP contribution in [-0.2, 0) is 6.61 Å². The molecule has 6 heterocycles. The number of Topliss-reactive ketones (excluding diaryl/α,β-unsaturated/α-hetero) is 1. The Morgan fingerprint density at radius 2 is 1.80 bits per heavy atom. The molecule has 0 aliphatic carbocycles. The molecule has 194 valence electrons. The van der Waals surface area contributed by atoms with Gasteiger partial charge in [-0.05, 0) is 48.9 Å². The second-order valence-electron chi connectivity index (χ2n) is 9.40. The van der Waals surface area contributed by atoms with Crippen molar-refractivity contribution in [2.24, 2.45) is 0 Å². The zero-order valence-corrected chi connectivity index (χ0v) is 22.2. The number of pyridine rings is 3. The Bertz CT molecular complexity index is 2010. The number of hydrogen-bond acceptors (Lipinski definition) is 7. The highest BCUT2D eigenvalue weighted by molar-refractivity contribution is 7.17. The van der Waals surface area contributed by atoms with Crippen LogP contribution < -0.4 is 4.74 Å². The van der Waals surface area contributed by atoms with E-state index in [1.54, 1.807) is 31.7 Å². The summed E-state index contributed by atoms with van der Waals surface area (Å²) in [5.74, 6) is 0.747. The summed E-state index contributed by atoms with van der Waals surface area (Å²) in [6.45, 7) is 2.05.